The molecule has 0 bridgehead atoms. The third-order valence-corrected chi connectivity index (χ3v) is 4.38. The molecule has 0 amide bonds. The Morgan fingerprint density at radius 1 is 1.32 bits per heavy atom. The van der Waals surface area contributed by atoms with E-state index in [-0.39, 0.29) is 11.2 Å². The molecule has 0 aromatic heterocycles. The van der Waals surface area contributed by atoms with Gasteiger partial charge in [0.15, 0.2) is 0 Å². The Bertz CT molecular complexity index is 405. The van der Waals surface area contributed by atoms with Gasteiger partial charge in [0.05, 0.1) is 0 Å². The maximum atomic E-state index is 14.2. The molecule has 3 heteroatoms. The van der Waals surface area contributed by atoms with Gasteiger partial charge < -0.3 is 5.32 Å². The van der Waals surface area contributed by atoms with Crippen LogP contribution in [0.25, 0.3) is 0 Å². The van der Waals surface area contributed by atoms with Crippen LogP contribution in [0.4, 0.5) is 4.39 Å². The van der Waals surface area contributed by atoms with Gasteiger partial charge in [-0.15, -0.1) is 0 Å². The van der Waals surface area contributed by atoms with Crippen LogP contribution in [-0.4, -0.2) is 13.1 Å². The van der Waals surface area contributed by atoms with Crippen molar-refractivity contribution in [2.75, 3.05) is 13.1 Å². The normalized spacial score (nSPS) is 18.2. The van der Waals surface area contributed by atoms with Crippen molar-refractivity contribution in [3.63, 3.8) is 0 Å². The fraction of sp³-hybridized carbons (Fsp3) is 0.625. The number of halogens is 2. The van der Waals surface area contributed by atoms with Crippen LogP contribution in [0.15, 0.2) is 18.2 Å². The summed E-state index contributed by atoms with van der Waals surface area (Å²) in [5.74, 6) is 0.454. The summed E-state index contributed by atoms with van der Waals surface area (Å²) in [4.78, 5) is 0. The highest BCUT2D eigenvalue weighted by atomic mass is 35.5. The largest absolute Gasteiger partial charge is 0.316 e. The first kappa shape index (κ1) is 14.8. The molecule has 0 radical (unpaired) electrons. The molecule has 0 atom stereocenters. The maximum absolute atomic E-state index is 14.2. The summed E-state index contributed by atoms with van der Waals surface area (Å²) in [6.07, 6.45) is 4.37. The molecule has 0 aliphatic heterocycles. The number of benzene rings is 1. The van der Waals surface area contributed by atoms with Gasteiger partial charge in [-0.05, 0) is 37.4 Å². The lowest BCUT2D eigenvalue weighted by Crippen LogP contribution is -2.38. The van der Waals surface area contributed by atoms with Crippen LogP contribution in [-0.2, 0) is 5.41 Å². The molecule has 2 rings (SSSR count). The molecule has 0 spiro atoms. The van der Waals surface area contributed by atoms with Crippen molar-refractivity contribution < 1.29 is 4.39 Å². The molecule has 19 heavy (non-hydrogen) atoms. The van der Waals surface area contributed by atoms with E-state index in [0.717, 1.165) is 44.3 Å². The van der Waals surface area contributed by atoms with E-state index in [1.54, 1.807) is 6.07 Å². The van der Waals surface area contributed by atoms with Gasteiger partial charge >= 0.3 is 0 Å². The maximum Gasteiger partial charge on any atom is 0.128 e. The van der Waals surface area contributed by atoms with Crippen LogP contribution < -0.4 is 5.32 Å². The van der Waals surface area contributed by atoms with E-state index in [9.17, 15) is 4.39 Å². The average Bonchev–Trinajstić information content (AvgIpc) is 2.78. The first-order valence-corrected chi connectivity index (χ1v) is 7.58. The first-order valence-electron chi connectivity index (χ1n) is 7.20. The second-order valence-corrected chi connectivity index (χ2v) is 6.52. The minimum Gasteiger partial charge on any atom is -0.316 e. The third kappa shape index (κ3) is 3.29. The molecule has 1 saturated carbocycles. The fourth-order valence-electron chi connectivity index (χ4n) is 3.17. The van der Waals surface area contributed by atoms with Gasteiger partial charge in [-0.25, -0.2) is 4.39 Å². The van der Waals surface area contributed by atoms with Crippen LogP contribution in [0, 0.1) is 11.7 Å². The lowest BCUT2D eigenvalue weighted by atomic mass is 9.78. The lowest BCUT2D eigenvalue weighted by molar-refractivity contribution is 0.376. The number of nitrogens with one attached hydrogen (secondary N) is 1. The molecule has 1 N–H and O–H groups in total. The Hall–Kier alpha value is -0.600. The van der Waals surface area contributed by atoms with E-state index in [0.29, 0.717) is 10.9 Å². The Balaban J connectivity index is 2.24. The predicted octanol–water partition coefficient (Wildman–Crippen LogP) is 4.54. The molecule has 0 unspecified atom stereocenters. The van der Waals surface area contributed by atoms with Gasteiger partial charge in [0.1, 0.15) is 5.82 Å². The quantitative estimate of drug-likeness (QED) is 0.837. The summed E-state index contributed by atoms with van der Waals surface area (Å²) in [6, 6.07) is 5.03. The average molecular weight is 284 g/mol. The van der Waals surface area contributed by atoms with Crippen molar-refractivity contribution in [1.82, 2.24) is 5.32 Å². The molecule has 0 saturated heterocycles. The van der Waals surface area contributed by atoms with Crippen molar-refractivity contribution in [1.29, 1.82) is 0 Å². The third-order valence-electron chi connectivity index (χ3n) is 4.07. The summed E-state index contributed by atoms with van der Waals surface area (Å²) in [7, 11) is 0. The Morgan fingerprint density at radius 2 is 2.00 bits per heavy atom. The fourth-order valence-corrected chi connectivity index (χ4v) is 3.53. The van der Waals surface area contributed by atoms with Gasteiger partial charge in [-0.1, -0.05) is 44.4 Å². The summed E-state index contributed by atoms with van der Waals surface area (Å²) >= 11 is 6.27. The molecule has 1 aromatic rings. The van der Waals surface area contributed by atoms with Gasteiger partial charge in [-0.3, -0.25) is 0 Å². The van der Waals surface area contributed by atoms with Crippen molar-refractivity contribution in [2.24, 2.45) is 5.92 Å². The topological polar surface area (TPSA) is 12.0 Å². The van der Waals surface area contributed by atoms with E-state index >= 15 is 0 Å². The number of rotatable bonds is 5. The van der Waals surface area contributed by atoms with Crippen molar-refractivity contribution >= 4 is 11.6 Å². The summed E-state index contributed by atoms with van der Waals surface area (Å²) in [5.41, 5.74) is 0.613. The molecule has 1 aliphatic rings. The monoisotopic (exact) mass is 283 g/mol. The van der Waals surface area contributed by atoms with Crippen LogP contribution >= 0.6 is 11.6 Å². The van der Waals surface area contributed by atoms with E-state index in [2.05, 4.69) is 19.2 Å². The van der Waals surface area contributed by atoms with Crippen LogP contribution in [0.2, 0.25) is 5.02 Å². The van der Waals surface area contributed by atoms with Crippen LogP contribution in [0.1, 0.15) is 45.1 Å². The lowest BCUT2D eigenvalue weighted by Gasteiger charge is -2.31. The summed E-state index contributed by atoms with van der Waals surface area (Å²) in [5, 5.41) is 4.07. The number of hydrogen-bond acceptors (Lipinski definition) is 1. The van der Waals surface area contributed by atoms with Crippen molar-refractivity contribution in [3.8, 4) is 0 Å². The molecule has 0 heterocycles. The number of hydrogen-bond donors (Lipinski definition) is 1. The minimum absolute atomic E-state index is 0.114. The molecular formula is C16H23ClFN. The minimum atomic E-state index is -0.152. The van der Waals surface area contributed by atoms with Gasteiger partial charge in [0, 0.05) is 22.5 Å². The van der Waals surface area contributed by atoms with E-state index in [1.165, 1.54) is 6.07 Å². The Morgan fingerprint density at radius 3 is 2.58 bits per heavy atom. The first-order chi connectivity index (χ1) is 9.05. The molecule has 1 aromatic carbocycles. The standard InChI is InChI=1S/C16H23ClFN/c1-12(2)10-19-11-16(8-3-4-9-16)15-13(17)6-5-7-14(15)18/h5-7,12,19H,3-4,8-11H2,1-2H3. The zero-order valence-corrected chi connectivity index (χ0v) is 12.6. The molecule has 1 fully saturated rings. The zero-order valence-electron chi connectivity index (χ0n) is 11.8. The van der Waals surface area contributed by atoms with Gasteiger partial charge in [0.25, 0.3) is 0 Å². The van der Waals surface area contributed by atoms with Crippen LogP contribution in [0.5, 0.6) is 0 Å². The Kier molecular flexibility index (Phi) is 4.86. The van der Waals surface area contributed by atoms with Crippen molar-refractivity contribution in [2.45, 2.75) is 44.9 Å². The molecule has 1 aliphatic carbocycles. The highest BCUT2D eigenvalue weighted by Gasteiger charge is 2.38. The Labute approximate surface area is 120 Å². The SMILES string of the molecule is CC(C)CNCC1(c2c(F)cccc2Cl)CCCC1. The molecule has 106 valence electrons. The van der Waals surface area contributed by atoms with E-state index in [1.807, 2.05) is 6.07 Å². The summed E-state index contributed by atoms with van der Waals surface area (Å²) in [6.45, 7) is 6.16. The highest BCUT2D eigenvalue weighted by molar-refractivity contribution is 6.31. The second-order valence-electron chi connectivity index (χ2n) is 6.11. The molecular weight excluding hydrogens is 261 g/mol. The predicted molar refractivity (Wildman–Crippen MR) is 79.3 cm³/mol. The van der Waals surface area contributed by atoms with E-state index in [4.69, 9.17) is 11.6 Å². The highest BCUT2D eigenvalue weighted by Crippen LogP contribution is 2.44. The summed E-state index contributed by atoms with van der Waals surface area (Å²) < 4.78 is 14.2. The van der Waals surface area contributed by atoms with E-state index < -0.39 is 0 Å². The van der Waals surface area contributed by atoms with Gasteiger partial charge in [0.2, 0.25) is 0 Å². The smallest absolute Gasteiger partial charge is 0.128 e. The van der Waals surface area contributed by atoms with Crippen LogP contribution in [0.3, 0.4) is 0 Å². The molecule has 1 nitrogen and oxygen atoms in total. The van der Waals surface area contributed by atoms with Crippen molar-refractivity contribution in [3.05, 3.63) is 34.6 Å². The second kappa shape index (κ2) is 6.23. The van der Waals surface area contributed by atoms with Gasteiger partial charge in [-0.2, -0.15) is 0 Å². The zero-order chi connectivity index (χ0) is 13.9.